The van der Waals surface area contributed by atoms with Crippen molar-refractivity contribution in [3.8, 4) is 33.9 Å². The Hall–Kier alpha value is -4.66. The molecule has 0 spiro atoms. The van der Waals surface area contributed by atoms with Crippen LogP contribution in [0.3, 0.4) is 0 Å². The zero-order chi connectivity index (χ0) is 31.1. The summed E-state index contributed by atoms with van der Waals surface area (Å²) in [5, 5.41) is 0.358. The van der Waals surface area contributed by atoms with Crippen LogP contribution in [-0.4, -0.2) is 35.4 Å². The Balaban J connectivity index is 1.60. The van der Waals surface area contributed by atoms with Crippen molar-refractivity contribution in [3.05, 3.63) is 96.1 Å². The quantitative estimate of drug-likeness (QED) is 0.260. The van der Waals surface area contributed by atoms with E-state index >= 15 is 0 Å². The zero-order valence-corrected chi connectivity index (χ0v) is 22.2. The highest BCUT2D eigenvalue weighted by Gasteiger charge is 2.46. The molecule has 2 unspecified atom stereocenters. The van der Waals surface area contributed by atoms with Crippen molar-refractivity contribution in [1.29, 1.82) is 0 Å². The SMILES string of the molecule is CN1C(N)c2ccc(-c3c(Oc4ccc(-c5ccccc5)cc4)cccc3C(F)(F)F)nc2N(OC(=O)C(F)(F)F)C1N. The molecule has 0 fully saturated rings. The fourth-order valence-corrected chi connectivity index (χ4v) is 4.51. The summed E-state index contributed by atoms with van der Waals surface area (Å²) in [6.45, 7) is 0. The van der Waals surface area contributed by atoms with E-state index in [2.05, 4.69) is 9.82 Å². The molecule has 5 rings (SSSR count). The van der Waals surface area contributed by atoms with Gasteiger partial charge in [0.2, 0.25) is 0 Å². The van der Waals surface area contributed by atoms with Crippen LogP contribution in [0.15, 0.2) is 84.9 Å². The first-order valence-corrected chi connectivity index (χ1v) is 12.6. The lowest BCUT2D eigenvalue weighted by molar-refractivity contribution is -0.204. The van der Waals surface area contributed by atoms with Gasteiger partial charge < -0.3 is 15.3 Å². The van der Waals surface area contributed by atoms with Crippen molar-refractivity contribution in [1.82, 2.24) is 9.88 Å². The Morgan fingerprint density at radius 2 is 1.49 bits per heavy atom. The number of nitrogens with zero attached hydrogens (tertiary/aromatic N) is 3. The van der Waals surface area contributed by atoms with Gasteiger partial charge in [-0.1, -0.05) is 54.6 Å². The number of rotatable bonds is 5. The number of anilines is 1. The van der Waals surface area contributed by atoms with Crippen molar-refractivity contribution in [3.63, 3.8) is 0 Å². The van der Waals surface area contributed by atoms with E-state index in [-0.39, 0.29) is 22.8 Å². The largest absolute Gasteiger partial charge is 0.493 e. The number of carbonyl (C=O) groups is 1. The lowest BCUT2D eigenvalue weighted by atomic mass is 10.0. The topological polar surface area (TPSA) is 107 Å². The first-order chi connectivity index (χ1) is 20.3. The summed E-state index contributed by atoms with van der Waals surface area (Å²) in [7, 11) is 1.36. The van der Waals surface area contributed by atoms with Gasteiger partial charge >= 0.3 is 18.3 Å². The maximum atomic E-state index is 14.3. The molecular formula is C29H23F6N5O3. The number of pyridine rings is 1. The summed E-state index contributed by atoms with van der Waals surface area (Å²) >= 11 is 0. The van der Waals surface area contributed by atoms with Gasteiger partial charge in [-0.15, -0.1) is 0 Å². The normalized spacial score (nSPS) is 17.4. The molecule has 14 heteroatoms. The molecule has 224 valence electrons. The van der Waals surface area contributed by atoms with E-state index in [1.165, 1.54) is 30.1 Å². The van der Waals surface area contributed by atoms with Crippen LogP contribution in [-0.2, 0) is 15.8 Å². The number of alkyl halides is 6. The van der Waals surface area contributed by atoms with Crippen molar-refractivity contribution < 1.29 is 40.7 Å². The van der Waals surface area contributed by atoms with E-state index in [0.29, 0.717) is 5.06 Å². The van der Waals surface area contributed by atoms with Gasteiger partial charge in [-0.3, -0.25) is 10.6 Å². The zero-order valence-electron chi connectivity index (χ0n) is 22.2. The van der Waals surface area contributed by atoms with Gasteiger partial charge in [0.15, 0.2) is 12.1 Å². The number of nitrogens with two attached hydrogens (primary N) is 2. The average Bonchev–Trinajstić information content (AvgIpc) is 2.97. The van der Waals surface area contributed by atoms with Crippen LogP contribution in [0.5, 0.6) is 11.5 Å². The Morgan fingerprint density at radius 3 is 2.12 bits per heavy atom. The standard InChI is InChI=1S/C29H23F6N5O3/c1-39-24(36)19-14-15-21(38-25(19)40(27(39)37)43-26(41)29(33,34)35)23-20(28(30,31)32)8-5-9-22(23)42-18-12-10-17(11-13-18)16-6-3-2-4-7-16/h2-15,24,27H,36-37H2,1H3. The van der Waals surface area contributed by atoms with Crippen LogP contribution < -0.4 is 21.3 Å². The van der Waals surface area contributed by atoms with Crippen LogP contribution in [0, 0.1) is 0 Å². The molecule has 2 atom stereocenters. The number of hydrogen-bond donors (Lipinski definition) is 2. The van der Waals surface area contributed by atoms with Crippen LogP contribution in [0.1, 0.15) is 17.3 Å². The van der Waals surface area contributed by atoms with Crippen LogP contribution in [0.25, 0.3) is 22.4 Å². The van der Waals surface area contributed by atoms with E-state index in [1.807, 2.05) is 30.3 Å². The van der Waals surface area contributed by atoms with Crippen molar-refractivity contribution >= 4 is 11.8 Å². The molecule has 1 aliphatic heterocycles. The van der Waals surface area contributed by atoms with Gasteiger partial charge in [-0.2, -0.15) is 31.4 Å². The van der Waals surface area contributed by atoms with E-state index in [4.69, 9.17) is 16.2 Å². The van der Waals surface area contributed by atoms with Gasteiger partial charge in [0.05, 0.1) is 23.0 Å². The van der Waals surface area contributed by atoms with Crippen molar-refractivity contribution in [2.24, 2.45) is 11.5 Å². The number of fused-ring (bicyclic) bond motifs is 1. The highest BCUT2D eigenvalue weighted by atomic mass is 19.4. The summed E-state index contributed by atoms with van der Waals surface area (Å²) < 4.78 is 87.8. The first kappa shape index (κ1) is 29.8. The van der Waals surface area contributed by atoms with Gasteiger partial charge in [0.25, 0.3) is 0 Å². The second kappa shape index (κ2) is 11.2. The summed E-state index contributed by atoms with van der Waals surface area (Å²) in [4.78, 5) is 21.6. The summed E-state index contributed by atoms with van der Waals surface area (Å²) in [5.74, 6) is -3.10. The molecule has 2 heterocycles. The van der Waals surface area contributed by atoms with Gasteiger partial charge in [0, 0.05) is 5.56 Å². The molecule has 0 bridgehead atoms. The molecule has 0 saturated heterocycles. The summed E-state index contributed by atoms with van der Waals surface area (Å²) in [6.07, 6.45) is -12.9. The molecule has 1 aliphatic rings. The lowest BCUT2D eigenvalue weighted by Gasteiger charge is -2.42. The smallest absolute Gasteiger partial charge is 0.457 e. The van der Waals surface area contributed by atoms with E-state index in [0.717, 1.165) is 23.3 Å². The molecule has 8 nitrogen and oxygen atoms in total. The maximum Gasteiger partial charge on any atom is 0.493 e. The third kappa shape index (κ3) is 5.98. The Labute approximate surface area is 241 Å². The van der Waals surface area contributed by atoms with Crippen molar-refractivity contribution in [2.45, 2.75) is 24.8 Å². The Morgan fingerprint density at radius 1 is 0.837 bits per heavy atom. The number of carbonyl (C=O) groups excluding carboxylic acids is 1. The van der Waals surface area contributed by atoms with Crippen molar-refractivity contribution in [2.75, 3.05) is 12.1 Å². The molecule has 43 heavy (non-hydrogen) atoms. The van der Waals surface area contributed by atoms with Crippen LogP contribution in [0.4, 0.5) is 32.2 Å². The fourth-order valence-electron chi connectivity index (χ4n) is 4.51. The number of hydrogen-bond acceptors (Lipinski definition) is 8. The number of benzene rings is 3. The van der Waals surface area contributed by atoms with Crippen LogP contribution in [0.2, 0.25) is 0 Å². The molecular weight excluding hydrogens is 580 g/mol. The third-order valence-electron chi connectivity index (χ3n) is 6.72. The second-order valence-electron chi connectivity index (χ2n) is 9.50. The molecule has 3 aromatic carbocycles. The molecule has 4 aromatic rings. The van der Waals surface area contributed by atoms with E-state index < -0.39 is 47.7 Å². The minimum atomic E-state index is -5.39. The van der Waals surface area contributed by atoms with E-state index in [9.17, 15) is 31.1 Å². The van der Waals surface area contributed by atoms with Gasteiger partial charge in [-0.25, -0.2) is 9.78 Å². The molecule has 0 aliphatic carbocycles. The molecule has 0 saturated carbocycles. The van der Waals surface area contributed by atoms with Crippen LogP contribution >= 0.6 is 0 Å². The molecule has 0 radical (unpaired) electrons. The number of hydroxylamine groups is 1. The predicted octanol–water partition coefficient (Wildman–Crippen LogP) is 6.20. The Kier molecular flexibility index (Phi) is 7.77. The molecule has 0 amide bonds. The maximum absolute atomic E-state index is 14.3. The minimum absolute atomic E-state index is 0.0476. The minimum Gasteiger partial charge on any atom is -0.457 e. The number of halogens is 6. The summed E-state index contributed by atoms with van der Waals surface area (Å²) in [5.41, 5.74) is 12.0. The average molecular weight is 604 g/mol. The molecule has 4 N–H and O–H groups in total. The summed E-state index contributed by atoms with van der Waals surface area (Å²) in [6, 6.07) is 21.8. The predicted molar refractivity (Wildman–Crippen MR) is 144 cm³/mol. The monoisotopic (exact) mass is 603 g/mol. The highest BCUT2D eigenvalue weighted by Crippen LogP contribution is 2.45. The number of aromatic nitrogens is 1. The third-order valence-corrected chi connectivity index (χ3v) is 6.72. The van der Waals surface area contributed by atoms with Gasteiger partial charge in [0.1, 0.15) is 11.5 Å². The second-order valence-corrected chi connectivity index (χ2v) is 9.50. The van der Waals surface area contributed by atoms with Gasteiger partial charge in [-0.05, 0) is 48.5 Å². The fraction of sp³-hybridized carbons (Fsp3) is 0.172. The highest BCUT2D eigenvalue weighted by molar-refractivity contribution is 5.78. The van der Waals surface area contributed by atoms with E-state index in [1.54, 1.807) is 24.3 Å². The molecule has 1 aromatic heterocycles. The lowest BCUT2D eigenvalue weighted by Crippen LogP contribution is -2.60. The Bertz CT molecular complexity index is 1630. The number of ether oxygens (including phenoxy) is 1. The first-order valence-electron chi connectivity index (χ1n) is 12.6.